The van der Waals surface area contributed by atoms with E-state index in [1.54, 1.807) is 7.05 Å². The fraction of sp³-hybridized carbons (Fsp3) is 0.278. The quantitative estimate of drug-likeness (QED) is 0.130. The van der Waals surface area contributed by atoms with Crippen molar-refractivity contribution >= 4 is 47.0 Å². The van der Waals surface area contributed by atoms with Crippen LogP contribution in [0.4, 0.5) is 0 Å². The lowest BCUT2D eigenvalue weighted by atomic mass is 10.0. The van der Waals surface area contributed by atoms with Gasteiger partial charge in [0.15, 0.2) is 5.71 Å². The number of thioether (sulfide) groups is 2. The van der Waals surface area contributed by atoms with Crippen molar-refractivity contribution in [1.82, 2.24) is 30.4 Å². The summed E-state index contributed by atoms with van der Waals surface area (Å²) in [5, 5.41) is 45.1. The summed E-state index contributed by atoms with van der Waals surface area (Å²) < 4.78 is 1.46. The molecule has 172 valence electrons. The molecule has 0 aliphatic carbocycles. The van der Waals surface area contributed by atoms with Crippen LogP contribution in [0.5, 0.6) is 5.75 Å². The highest BCUT2D eigenvalue weighted by Gasteiger charge is 2.54. The Kier molecular flexibility index (Phi) is 6.24. The molecule has 33 heavy (non-hydrogen) atoms. The van der Waals surface area contributed by atoms with Gasteiger partial charge >= 0.3 is 5.97 Å². The van der Waals surface area contributed by atoms with E-state index in [4.69, 9.17) is 0 Å². The maximum absolute atomic E-state index is 12.8. The zero-order valence-electron chi connectivity index (χ0n) is 16.9. The van der Waals surface area contributed by atoms with E-state index in [-0.39, 0.29) is 28.5 Å². The third kappa shape index (κ3) is 4.23. The number of oxime groups is 1. The van der Waals surface area contributed by atoms with Crippen LogP contribution in [-0.2, 0) is 21.4 Å². The minimum Gasteiger partial charge on any atom is -0.508 e. The number of carbonyl (C=O) groups excluding carboxylic acids is 2. The van der Waals surface area contributed by atoms with Gasteiger partial charge in [0.25, 0.3) is 11.8 Å². The number of benzene rings is 1. The summed E-state index contributed by atoms with van der Waals surface area (Å²) in [5.41, 5.74) is 0.174. The fourth-order valence-electron chi connectivity index (χ4n) is 3.39. The first-order valence-electron chi connectivity index (χ1n) is 9.39. The van der Waals surface area contributed by atoms with Crippen LogP contribution >= 0.6 is 23.5 Å². The summed E-state index contributed by atoms with van der Waals surface area (Å²) in [4.78, 5) is 38.5. The molecule has 2 unspecified atom stereocenters. The Morgan fingerprint density at radius 3 is 2.82 bits per heavy atom. The largest absolute Gasteiger partial charge is 0.508 e. The summed E-state index contributed by atoms with van der Waals surface area (Å²) in [6.07, 6.45) is 0. The number of aromatic hydroxyl groups is 1. The van der Waals surface area contributed by atoms with Crippen LogP contribution in [0.2, 0.25) is 0 Å². The Labute approximate surface area is 194 Å². The van der Waals surface area contributed by atoms with E-state index in [0.717, 1.165) is 4.90 Å². The Balaban J connectivity index is 1.49. The minimum absolute atomic E-state index is 0.124. The topological polar surface area (TPSA) is 183 Å². The molecule has 0 radical (unpaired) electrons. The molecule has 2 aliphatic heterocycles. The number of carboxylic acids is 1. The number of nitrogens with one attached hydrogen (secondary N) is 1. The average molecular weight is 492 g/mol. The molecule has 0 spiro atoms. The van der Waals surface area contributed by atoms with Crippen molar-refractivity contribution in [1.29, 1.82) is 0 Å². The number of rotatable bonds is 7. The van der Waals surface area contributed by atoms with Gasteiger partial charge in [0, 0.05) is 24.1 Å². The van der Waals surface area contributed by atoms with Crippen LogP contribution < -0.4 is 5.32 Å². The van der Waals surface area contributed by atoms with Crippen LogP contribution in [0.25, 0.3) is 0 Å². The van der Waals surface area contributed by atoms with Crippen molar-refractivity contribution in [3.8, 4) is 5.75 Å². The van der Waals surface area contributed by atoms with Gasteiger partial charge in [-0.1, -0.05) is 29.1 Å². The van der Waals surface area contributed by atoms with Crippen molar-refractivity contribution in [2.24, 2.45) is 12.2 Å². The molecular formula is C18H17N7O6S2. The number of carboxylic acid groups (broad SMARTS) is 1. The lowest BCUT2D eigenvalue weighted by Gasteiger charge is -2.49. The number of phenols is 1. The zero-order valence-corrected chi connectivity index (χ0v) is 18.6. The van der Waals surface area contributed by atoms with Crippen LogP contribution in [0, 0.1) is 0 Å². The first kappa shape index (κ1) is 22.6. The van der Waals surface area contributed by atoms with Crippen LogP contribution in [0.1, 0.15) is 5.56 Å². The van der Waals surface area contributed by atoms with Gasteiger partial charge in [0.1, 0.15) is 22.9 Å². The van der Waals surface area contributed by atoms with Crippen molar-refractivity contribution < 1.29 is 29.8 Å². The molecule has 1 saturated heterocycles. The number of tetrazole rings is 1. The van der Waals surface area contributed by atoms with Gasteiger partial charge in [0.05, 0.1) is 0 Å². The maximum Gasteiger partial charge on any atom is 0.352 e. The SMILES string of the molecule is Cn1nnnc1SCC1=C(C(=O)O)N2C(=O)C(NC(=O)/C(=N/O)c3cccc(O)c3)C2SC1. The number of hydrogen-bond acceptors (Lipinski definition) is 11. The number of aryl methyl sites for hydroxylation is 1. The van der Waals surface area contributed by atoms with E-state index in [2.05, 4.69) is 26.0 Å². The molecule has 4 rings (SSSR count). The molecule has 1 aromatic carbocycles. The van der Waals surface area contributed by atoms with E-state index in [0.29, 0.717) is 16.5 Å². The predicted molar refractivity (Wildman–Crippen MR) is 116 cm³/mol. The highest BCUT2D eigenvalue weighted by atomic mass is 32.2. The van der Waals surface area contributed by atoms with Crippen molar-refractivity contribution in [2.45, 2.75) is 16.6 Å². The summed E-state index contributed by atoms with van der Waals surface area (Å²) >= 11 is 2.56. The molecule has 2 atom stereocenters. The number of carbonyl (C=O) groups is 3. The Morgan fingerprint density at radius 2 is 2.18 bits per heavy atom. The molecule has 4 N–H and O–H groups in total. The smallest absolute Gasteiger partial charge is 0.352 e. The fourth-order valence-corrected chi connectivity index (χ4v) is 5.72. The van der Waals surface area contributed by atoms with Crippen LogP contribution in [0.15, 0.2) is 45.8 Å². The first-order chi connectivity index (χ1) is 15.8. The maximum atomic E-state index is 12.8. The summed E-state index contributed by atoms with van der Waals surface area (Å²) in [6, 6.07) is 4.56. The predicted octanol–water partition coefficient (Wildman–Crippen LogP) is -0.375. The summed E-state index contributed by atoms with van der Waals surface area (Å²) in [6.45, 7) is 0. The standard InChI is InChI=1S/C18H17N7O6S2/c1-24-18(20-22-23-24)33-7-9-6-32-16-12(15(28)25(16)13(9)17(29)30)19-14(27)11(21-31)8-3-2-4-10(26)5-8/h2-5,12,16,26,31H,6-7H2,1H3,(H,19,27)(H,29,30)/b21-11+. The zero-order chi connectivity index (χ0) is 23.7. The molecule has 0 bridgehead atoms. The second-order valence-corrected chi connectivity index (χ2v) is 9.04. The number of aromatic nitrogens is 4. The molecule has 15 heteroatoms. The number of β-lactam (4-membered cyclic amide) rings is 1. The van der Waals surface area contributed by atoms with E-state index in [1.807, 2.05) is 0 Å². The van der Waals surface area contributed by atoms with Gasteiger partial charge in [0.2, 0.25) is 5.16 Å². The van der Waals surface area contributed by atoms with E-state index in [9.17, 15) is 29.8 Å². The molecule has 1 aromatic heterocycles. The number of phenolic OH excluding ortho intramolecular Hbond substituents is 1. The van der Waals surface area contributed by atoms with Crippen molar-refractivity contribution in [2.75, 3.05) is 11.5 Å². The molecule has 2 aliphatic rings. The van der Waals surface area contributed by atoms with E-state index in [1.165, 1.54) is 52.5 Å². The Bertz CT molecular complexity index is 1200. The number of aliphatic carboxylic acids is 1. The van der Waals surface area contributed by atoms with Gasteiger partial charge in [-0.3, -0.25) is 14.5 Å². The normalized spacial score (nSPS) is 20.3. The van der Waals surface area contributed by atoms with Gasteiger partial charge in [-0.05, 0) is 28.1 Å². The molecule has 3 heterocycles. The molecule has 2 amide bonds. The third-order valence-corrected chi connectivity index (χ3v) is 7.36. The Morgan fingerprint density at radius 1 is 1.39 bits per heavy atom. The lowest BCUT2D eigenvalue weighted by molar-refractivity contribution is -0.150. The average Bonchev–Trinajstić information content (AvgIpc) is 3.20. The van der Waals surface area contributed by atoms with E-state index < -0.39 is 29.2 Å². The molecule has 0 saturated carbocycles. The summed E-state index contributed by atoms with van der Waals surface area (Å²) in [5.74, 6) is -2.20. The van der Waals surface area contributed by atoms with Crippen LogP contribution in [0.3, 0.4) is 0 Å². The molecule has 13 nitrogen and oxygen atoms in total. The van der Waals surface area contributed by atoms with Crippen molar-refractivity contribution in [3.05, 3.63) is 41.1 Å². The number of fused-ring (bicyclic) bond motifs is 1. The second kappa shape index (κ2) is 9.11. The van der Waals surface area contributed by atoms with Gasteiger partial charge in [-0.25, -0.2) is 9.48 Å². The van der Waals surface area contributed by atoms with Gasteiger partial charge in [-0.15, -0.1) is 16.9 Å². The number of amides is 2. The molecular weight excluding hydrogens is 474 g/mol. The highest BCUT2D eigenvalue weighted by Crippen LogP contribution is 2.41. The number of nitrogens with zero attached hydrogens (tertiary/aromatic N) is 6. The molecule has 2 aromatic rings. The minimum atomic E-state index is -1.25. The van der Waals surface area contributed by atoms with Gasteiger partial charge < -0.3 is 20.7 Å². The first-order valence-corrected chi connectivity index (χ1v) is 11.4. The Hall–Kier alpha value is -3.59. The number of hydrogen-bond donors (Lipinski definition) is 4. The molecule has 1 fully saturated rings. The van der Waals surface area contributed by atoms with Gasteiger partial charge in [-0.2, -0.15) is 0 Å². The highest BCUT2D eigenvalue weighted by molar-refractivity contribution is 8.01. The third-order valence-electron chi connectivity index (χ3n) is 4.93. The monoisotopic (exact) mass is 491 g/mol. The second-order valence-electron chi connectivity index (χ2n) is 6.99. The van der Waals surface area contributed by atoms with Crippen molar-refractivity contribution in [3.63, 3.8) is 0 Å². The van der Waals surface area contributed by atoms with E-state index >= 15 is 0 Å². The summed E-state index contributed by atoms with van der Waals surface area (Å²) in [7, 11) is 1.66. The van der Waals surface area contributed by atoms with Crippen LogP contribution in [-0.4, -0.2) is 86.9 Å². The lowest BCUT2D eigenvalue weighted by Crippen LogP contribution is -2.71.